The molecule has 4 aromatic carbocycles. The maximum atomic E-state index is 13.4. The van der Waals surface area contributed by atoms with Gasteiger partial charge in [0.1, 0.15) is 5.75 Å². The summed E-state index contributed by atoms with van der Waals surface area (Å²) < 4.78 is 34.9. The number of hydrogen-bond acceptors (Lipinski definition) is 5. The van der Waals surface area contributed by atoms with Gasteiger partial charge in [0.15, 0.2) is 5.78 Å². The molecular formula is C32H30N2O4S. The summed E-state index contributed by atoms with van der Waals surface area (Å²) in [5.74, 6) is 0.468. The Morgan fingerprint density at radius 1 is 0.897 bits per heavy atom. The second-order valence-electron chi connectivity index (χ2n) is 10.2. The predicted octanol–water partition coefficient (Wildman–Crippen LogP) is 6.31. The molecule has 4 aromatic rings. The van der Waals surface area contributed by atoms with Gasteiger partial charge in [0, 0.05) is 39.7 Å². The van der Waals surface area contributed by atoms with Crippen LogP contribution in [0.3, 0.4) is 0 Å². The molecule has 0 unspecified atom stereocenters. The van der Waals surface area contributed by atoms with Gasteiger partial charge in [-0.2, -0.15) is 0 Å². The minimum Gasteiger partial charge on any atom is -0.497 e. The van der Waals surface area contributed by atoms with Crippen LogP contribution in [0.4, 0.5) is 5.69 Å². The molecule has 7 heteroatoms. The van der Waals surface area contributed by atoms with Gasteiger partial charge >= 0.3 is 0 Å². The van der Waals surface area contributed by atoms with Crippen LogP contribution < -0.4 is 14.8 Å². The van der Waals surface area contributed by atoms with E-state index < -0.39 is 10.0 Å². The Morgan fingerprint density at radius 3 is 2.41 bits per heavy atom. The summed E-state index contributed by atoms with van der Waals surface area (Å²) in [4.78, 5) is 13.6. The van der Waals surface area contributed by atoms with Crippen molar-refractivity contribution >= 4 is 27.2 Å². The van der Waals surface area contributed by atoms with Crippen molar-refractivity contribution in [2.75, 3.05) is 11.8 Å². The van der Waals surface area contributed by atoms with Crippen LogP contribution in [-0.4, -0.2) is 26.8 Å². The van der Waals surface area contributed by atoms with Gasteiger partial charge in [-0.15, -0.1) is 0 Å². The van der Waals surface area contributed by atoms with E-state index in [9.17, 15) is 13.2 Å². The number of allylic oxidation sites excluding steroid dienone is 1. The van der Waals surface area contributed by atoms with E-state index in [1.807, 2.05) is 54.6 Å². The third-order valence-electron chi connectivity index (χ3n) is 6.65. The predicted molar refractivity (Wildman–Crippen MR) is 155 cm³/mol. The van der Waals surface area contributed by atoms with E-state index >= 15 is 0 Å². The lowest BCUT2D eigenvalue weighted by molar-refractivity contribution is 0.104. The Balaban J connectivity index is 1.45. The molecule has 2 N–H and O–H groups in total. The van der Waals surface area contributed by atoms with E-state index in [2.05, 4.69) is 23.9 Å². The summed E-state index contributed by atoms with van der Waals surface area (Å²) in [6.45, 7) is 4.17. The molecule has 0 aliphatic carbocycles. The Morgan fingerprint density at radius 2 is 1.64 bits per heavy atom. The average molecular weight is 539 g/mol. The average Bonchev–Trinajstić information content (AvgIpc) is 2.92. The first-order chi connectivity index (χ1) is 18.6. The van der Waals surface area contributed by atoms with Crippen LogP contribution in [0.5, 0.6) is 5.75 Å². The van der Waals surface area contributed by atoms with E-state index in [-0.39, 0.29) is 16.2 Å². The first-order valence-electron chi connectivity index (χ1n) is 12.6. The van der Waals surface area contributed by atoms with Gasteiger partial charge in [0.2, 0.25) is 0 Å². The molecule has 1 aliphatic heterocycles. The molecular weight excluding hydrogens is 508 g/mol. The van der Waals surface area contributed by atoms with E-state index in [0.717, 1.165) is 23.1 Å². The van der Waals surface area contributed by atoms with Crippen molar-refractivity contribution < 1.29 is 17.9 Å². The fourth-order valence-electron chi connectivity index (χ4n) is 4.87. The van der Waals surface area contributed by atoms with Crippen molar-refractivity contribution in [3.05, 3.63) is 120 Å². The summed E-state index contributed by atoms with van der Waals surface area (Å²) >= 11 is 0. The zero-order chi connectivity index (χ0) is 27.6. The van der Waals surface area contributed by atoms with Crippen LogP contribution in [0.1, 0.15) is 35.3 Å². The van der Waals surface area contributed by atoms with Gasteiger partial charge in [-0.05, 0) is 61.7 Å². The van der Waals surface area contributed by atoms with Gasteiger partial charge in [0.25, 0.3) is 10.0 Å². The lowest BCUT2D eigenvalue weighted by atomic mass is 9.85. The highest BCUT2D eigenvalue weighted by Crippen LogP contribution is 2.33. The van der Waals surface area contributed by atoms with Crippen LogP contribution >= 0.6 is 0 Å². The second-order valence-corrected chi connectivity index (χ2v) is 11.8. The molecule has 0 radical (unpaired) electrons. The highest BCUT2D eigenvalue weighted by molar-refractivity contribution is 7.92. The molecule has 0 aromatic heterocycles. The minimum atomic E-state index is -3.93. The van der Waals surface area contributed by atoms with Crippen LogP contribution in [0, 0.1) is 0 Å². The summed E-state index contributed by atoms with van der Waals surface area (Å²) in [6.07, 6.45) is 2.37. The van der Waals surface area contributed by atoms with Crippen LogP contribution in [0.25, 0.3) is 16.8 Å². The Kier molecular flexibility index (Phi) is 7.02. The van der Waals surface area contributed by atoms with Crippen molar-refractivity contribution in [3.8, 4) is 16.9 Å². The van der Waals surface area contributed by atoms with Crippen molar-refractivity contribution in [2.45, 2.75) is 30.7 Å². The van der Waals surface area contributed by atoms with E-state index in [4.69, 9.17) is 4.74 Å². The number of anilines is 1. The molecule has 198 valence electrons. The Bertz CT molecular complexity index is 1680. The van der Waals surface area contributed by atoms with Gasteiger partial charge in [-0.3, -0.25) is 9.52 Å². The fraction of sp³-hybridized carbons (Fsp3) is 0.156. The number of rotatable bonds is 7. The quantitative estimate of drug-likeness (QED) is 0.213. The minimum absolute atomic E-state index is 0.161. The number of carbonyl (C=O) groups is 1. The summed E-state index contributed by atoms with van der Waals surface area (Å²) in [7, 11) is -2.32. The van der Waals surface area contributed by atoms with Crippen molar-refractivity contribution in [2.24, 2.45) is 0 Å². The Labute approximate surface area is 229 Å². The van der Waals surface area contributed by atoms with Crippen molar-refractivity contribution in [3.63, 3.8) is 0 Å². The zero-order valence-corrected chi connectivity index (χ0v) is 22.9. The number of benzene rings is 4. The smallest absolute Gasteiger partial charge is 0.262 e. The van der Waals surface area contributed by atoms with Gasteiger partial charge in [0.05, 0.1) is 12.0 Å². The molecule has 0 saturated heterocycles. The number of fused-ring (bicyclic) bond motifs is 1. The Hall–Kier alpha value is -4.36. The molecule has 0 fully saturated rings. The summed E-state index contributed by atoms with van der Waals surface area (Å²) in [5.41, 5.74) is 4.57. The van der Waals surface area contributed by atoms with Gasteiger partial charge in [-0.1, -0.05) is 66.7 Å². The van der Waals surface area contributed by atoms with Gasteiger partial charge in [-0.25, -0.2) is 8.42 Å². The van der Waals surface area contributed by atoms with Gasteiger partial charge < -0.3 is 10.1 Å². The zero-order valence-electron chi connectivity index (χ0n) is 22.1. The number of carbonyl (C=O) groups excluding carboxylic acids is 1. The van der Waals surface area contributed by atoms with E-state index in [1.165, 1.54) is 0 Å². The summed E-state index contributed by atoms with van der Waals surface area (Å²) in [5, 5.41) is 3.47. The first kappa shape index (κ1) is 26.3. The highest BCUT2D eigenvalue weighted by atomic mass is 32.2. The van der Waals surface area contributed by atoms with Crippen LogP contribution in [-0.2, 0) is 16.4 Å². The van der Waals surface area contributed by atoms with Crippen LogP contribution in [0.15, 0.2) is 108 Å². The van der Waals surface area contributed by atoms with E-state index in [0.29, 0.717) is 28.3 Å². The largest absolute Gasteiger partial charge is 0.497 e. The maximum Gasteiger partial charge on any atom is 0.262 e. The molecule has 1 aliphatic rings. The molecule has 5 rings (SSSR count). The van der Waals surface area contributed by atoms with E-state index in [1.54, 1.807) is 55.7 Å². The molecule has 0 spiro atoms. The van der Waals surface area contributed by atoms with Crippen molar-refractivity contribution in [1.29, 1.82) is 0 Å². The number of ketones is 1. The first-order valence-corrected chi connectivity index (χ1v) is 14.1. The summed E-state index contributed by atoms with van der Waals surface area (Å²) in [6, 6.07) is 28.6. The second kappa shape index (κ2) is 10.4. The normalized spacial score (nSPS) is 15.2. The third-order valence-corrected chi connectivity index (χ3v) is 8.09. The molecule has 0 bridgehead atoms. The molecule has 1 heterocycles. The maximum absolute atomic E-state index is 13.4. The topological polar surface area (TPSA) is 84.5 Å². The number of hydrogen-bond donors (Lipinski definition) is 2. The molecule has 0 saturated carbocycles. The molecule has 0 amide bonds. The monoisotopic (exact) mass is 538 g/mol. The molecule has 0 atom stereocenters. The number of nitrogens with one attached hydrogen (secondary N) is 2. The lowest BCUT2D eigenvalue weighted by Gasteiger charge is -2.35. The van der Waals surface area contributed by atoms with Crippen LogP contribution in [0.2, 0.25) is 0 Å². The molecule has 6 nitrogen and oxygen atoms in total. The number of sulfonamides is 1. The number of ether oxygens (including phenoxy) is 1. The lowest BCUT2D eigenvalue weighted by Crippen LogP contribution is -2.43. The standard InChI is InChI=1S/C32H30N2O4S/c1-32(2)21-24-16-17-26(38-3)19-28(24)29(33-32)20-30(35)23-12-9-13-25(18-23)34-39(36,37)31-15-8-7-14-27(31)22-10-5-4-6-11-22/h4-20,33-34H,21H2,1-3H3. The third kappa shape index (κ3) is 5.73. The highest BCUT2D eigenvalue weighted by Gasteiger charge is 2.28. The SMILES string of the molecule is COc1ccc2c(c1)C(=CC(=O)c1cccc(NS(=O)(=O)c3ccccc3-c3ccccc3)c1)NC(C)(C)C2. The molecule has 39 heavy (non-hydrogen) atoms. The fourth-order valence-corrected chi connectivity index (χ4v) is 6.15. The number of methoxy groups -OCH3 is 1. The van der Waals surface area contributed by atoms with Crippen molar-refractivity contribution in [1.82, 2.24) is 5.32 Å².